The molecule has 0 saturated heterocycles. The highest BCUT2D eigenvalue weighted by atomic mass is 19.2. The molecule has 0 aliphatic rings. The van der Waals surface area contributed by atoms with E-state index in [0.717, 1.165) is 23.8 Å². The first-order valence-corrected chi connectivity index (χ1v) is 8.21. The third-order valence-electron chi connectivity index (χ3n) is 3.91. The van der Waals surface area contributed by atoms with E-state index < -0.39 is 23.4 Å². The molecule has 3 N–H and O–H groups in total. The summed E-state index contributed by atoms with van der Waals surface area (Å²) in [7, 11) is 0. The van der Waals surface area contributed by atoms with Crippen molar-refractivity contribution in [2.24, 2.45) is 0 Å². The van der Waals surface area contributed by atoms with E-state index in [0.29, 0.717) is 12.8 Å². The highest BCUT2D eigenvalue weighted by Crippen LogP contribution is 2.22. The molecule has 2 rings (SSSR count). The van der Waals surface area contributed by atoms with E-state index in [4.69, 9.17) is 0 Å². The maximum Gasteiger partial charge on any atom is 0.313 e. The average molecular weight is 362 g/mol. The van der Waals surface area contributed by atoms with Crippen molar-refractivity contribution < 1.29 is 23.5 Å². The molecule has 0 fully saturated rings. The van der Waals surface area contributed by atoms with Crippen LogP contribution in [0.2, 0.25) is 0 Å². The predicted octanol–water partition coefficient (Wildman–Crippen LogP) is 2.58. The fourth-order valence-corrected chi connectivity index (χ4v) is 2.56. The monoisotopic (exact) mass is 362 g/mol. The van der Waals surface area contributed by atoms with Crippen molar-refractivity contribution in [3.63, 3.8) is 0 Å². The molecule has 7 heteroatoms. The number of anilines is 1. The first kappa shape index (κ1) is 19.5. The van der Waals surface area contributed by atoms with Gasteiger partial charge in [0.2, 0.25) is 0 Å². The van der Waals surface area contributed by atoms with Gasteiger partial charge in [0.15, 0.2) is 11.6 Å². The van der Waals surface area contributed by atoms with Crippen LogP contribution in [0.1, 0.15) is 24.3 Å². The number of rotatable bonds is 7. The van der Waals surface area contributed by atoms with E-state index in [2.05, 4.69) is 10.6 Å². The lowest BCUT2D eigenvalue weighted by Gasteiger charge is -2.16. The number of aliphatic hydroxyl groups is 1. The molecule has 0 unspecified atom stereocenters. The van der Waals surface area contributed by atoms with Crippen molar-refractivity contribution in [3.05, 3.63) is 65.7 Å². The van der Waals surface area contributed by atoms with Crippen LogP contribution in [0.25, 0.3) is 0 Å². The van der Waals surface area contributed by atoms with Gasteiger partial charge in [-0.2, -0.15) is 0 Å². The van der Waals surface area contributed by atoms with Crippen LogP contribution >= 0.6 is 0 Å². The van der Waals surface area contributed by atoms with Gasteiger partial charge in [0.25, 0.3) is 0 Å². The Morgan fingerprint density at radius 1 is 0.962 bits per heavy atom. The smallest absolute Gasteiger partial charge is 0.313 e. The lowest BCUT2D eigenvalue weighted by atomic mass is 9.93. The molecule has 5 nitrogen and oxygen atoms in total. The molecule has 0 bridgehead atoms. The standard InChI is InChI=1S/C19H20F2N2O3/c20-16-7-6-15(12-17(16)21)23-19(26)18(25)22-10-8-14(9-11-24)13-4-2-1-3-5-13/h1-7,12,14,24H,8-11H2,(H,22,25)(H,23,26)/t14-/m0/s1. The summed E-state index contributed by atoms with van der Waals surface area (Å²) in [6.45, 7) is 0.258. The summed E-state index contributed by atoms with van der Waals surface area (Å²) >= 11 is 0. The van der Waals surface area contributed by atoms with Crippen LogP contribution in [0.15, 0.2) is 48.5 Å². The second-order valence-electron chi connectivity index (χ2n) is 5.75. The zero-order chi connectivity index (χ0) is 18.9. The molecule has 0 heterocycles. The van der Waals surface area contributed by atoms with Gasteiger partial charge < -0.3 is 15.7 Å². The molecule has 2 aromatic rings. The molecule has 26 heavy (non-hydrogen) atoms. The van der Waals surface area contributed by atoms with Crippen molar-refractivity contribution >= 4 is 17.5 Å². The lowest BCUT2D eigenvalue weighted by Crippen LogP contribution is -2.36. The number of aliphatic hydroxyl groups excluding tert-OH is 1. The number of carbonyl (C=O) groups excluding carboxylic acids is 2. The predicted molar refractivity (Wildman–Crippen MR) is 93.5 cm³/mol. The molecule has 0 aromatic heterocycles. The topological polar surface area (TPSA) is 78.4 Å². The third kappa shape index (κ3) is 5.63. The van der Waals surface area contributed by atoms with Gasteiger partial charge in [0.05, 0.1) is 0 Å². The van der Waals surface area contributed by atoms with Crippen molar-refractivity contribution in [2.45, 2.75) is 18.8 Å². The number of carbonyl (C=O) groups is 2. The van der Waals surface area contributed by atoms with Gasteiger partial charge in [-0.15, -0.1) is 0 Å². The summed E-state index contributed by atoms with van der Waals surface area (Å²) in [4.78, 5) is 23.6. The Hall–Kier alpha value is -2.80. The Morgan fingerprint density at radius 3 is 2.35 bits per heavy atom. The molecular weight excluding hydrogens is 342 g/mol. The van der Waals surface area contributed by atoms with Gasteiger partial charge in [-0.05, 0) is 36.5 Å². The Balaban J connectivity index is 1.84. The molecule has 0 saturated carbocycles. The lowest BCUT2D eigenvalue weighted by molar-refractivity contribution is -0.136. The van der Waals surface area contributed by atoms with Crippen LogP contribution in [0.3, 0.4) is 0 Å². The minimum atomic E-state index is -1.11. The largest absolute Gasteiger partial charge is 0.396 e. The Kier molecular flexibility index (Phi) is 7.23. The van der Waals surface area contributed by atoms with Gasteiger partial charge in [0, 0.05) is 24.9 Å². The summed E-state index contributed by atoms with van der Waals surface area (Å²) in [6, 6.07) is 12.4. The summed E-state index contributed by atoms with van der Waals surface area (Å²) in [5.41, 5.74) is 1.04. The number of amides is 2. The summed E-state index contributed by atoms with van der Waals surface area (Å²) in [5.74, 6) is -3.93. The van der Waals surface area contributed by atoms with Crippen LogP contribution in [-0.2, 0) is 9.59 Å². The highest BCUT2D eigenvalue weighted by Gasteiger charge is 2.16. The van der Waals surface area contributed by atoms with E-state index in [9.17, 15) is 23.5 Å². The van der Waals surface area contributed by atoms with Gasteiger partial charge in [-0.3, -0.25) is 9.59 Å². The number of nitrogens with one attached hydrogen (secondary N) is 2. The first-order valence-electron chi connectivity index (χ1n) is 8.21. The molecule has 0 spiro atoms. The minimum Gasteiger partial charge on any atom is -0.396 e. The Morgan fingerprint density at radius 2 is 1.69 bits per heavy atom. The van der Waals surface area contributed by atoms with E-state index in [1.54, 1.807) is 0 Å². The molecule has 2 amide bonds. The molecule has 138 valence electrons. The maximum absolute atomic E-state index is 13.1. The number of hydrogen-bond acceptors (Lipinski definition) is 3. The number of halogens is 2. The van der Waals surface area contributed by atoms with E-state index in [-0.39, 0.29) is 24.8 Å². The Labute approximate surface area is 150 Å². The average Bonchev–Trinajstić information content (AvgIpc) is 2.64. The minimum absolute atomic E-state index is 0.00788. The van der Waals surface area contributed by atoms with Crippen LogP contribution < -0.4 is 10.6 Å². The second kappa shape index (κ2) is 9.62. The fraction of sp³-hybridized carbons (Fsp3) is 0.263. The number of benzene rings is 2. The van der Waals surface area contributed by atoms with Gasteiger partial charge in [0.1, 0.15) is 0 Å². The zero-order valence-electron chi connectivity index (χ0n) is 14.0. The second-order valence-corrected chi connectivity index (χ2v) is 5.75. The molecule has 2 aromatic carbocycles. The first-order chi connectivity index (χ1) is 12.5. The normalized spacial score (nSPS) is 11.7. The van der Waals surface area contributed by atoms with Crippen molar-refractivity contribution in [3.8, 4) is 0 Å². The summed E-state index contributed by atoms with van der Waals surface area (Å²) in [6.07, 6.45) is 1.09. The van der Waals surface area contributed by atoms with Gasteiger partial charge in [-0.25, -0.2) is 8.78 Å². The summed E-state index contributed by atoms with van der Waals surface area (Å²) < 4.78 is 26.0. The van der Waals surface area contributed by atoms with Crippen molar-refractivity contribution in [1.29, 1.82) is 0 Å². The SMILES string of the molecule is O=C(NCC[C@@H](CCO)c1ccccc1)C(=O)Nc1ccc(F)c(F)c1. The molecular formula is C19H20F2N2O3. The number of hydrogen-bond donors (Lipinski definition) is 3. The fourth-order valence-electron chi connectivity index (χ4n) is 2.56. The van der Waals surface area contributed by atoms with Crippen molar-refractivity contribution in [2.75, 3.05) is 18.5 Å². The van der Waals surface area contributed by atoms with Gasteiger partial charge in [-0.1, -0.05) is 30.3 Å². The van der Waals surface area contributed by atoms with Crippen LogP contribution in [0.5, 0.6) is 0 Å². The summed E-state index contributed by atoms with van der Waals surface area (Å²) in [5, 5.41) is 13.9. The van der Waals surface area contributed by atoms with Gasteiger partial charge >= 0.3 is 11.8 Å². The maximum atomic E-state index is 13.1. The van der Waals surface area contributed by atoms with E-state index in [1.807, 2.05) is 30.3 Å². The molecule has 0 aliphatic heterocycles. The van der Waals surface area contributed by atoms with Crippen LogP contribution in [0, 0.1) is 11.6 Å². The molecule has 0 radical (unpaired) electrons. The third-order valence-corrected chi connectivity index (χ3v) is 3.91. The molecule has 0 aliphatic carbocycles. The zero-order valence-corrected chi connectivity index (χ0v) is 14.0. The van der Waals surface area contributed by atoms with Crippen molar-refractivity contribution in [1.82, 2.24) is 5.32 Å². The van der Waals surface area contributed by atoms with E-state index in [1.165, 1.54) is 0 Å². The Bertz CT molecular complexity index is 754. The van der Waals surface area contributed by atoms with Crippen LogP contribution in [-0.4, -0.2) is 30.1 Å². The quantitative estimate of drug-likeness (QED) is 0.663. The highest BCUT2D eigenvalue weighted by molar-refractivity contribution is 6.39. The van der Waals surface area contributed by atoms with Crippen LogP contribution in [0.4, 0.5) is 14.5 Å². The molecule has 1 atom stereocenters. The van der Waals surface area contributed by atoms with E-state index >= 15 is 0 Å².